The van der Waals surface area contributed by atoms with Crippen LogP contribution >= 0.6 is 0 Å². The summed E-state index contributed by atoms with van der Waals surface area (Å²) in [5.74, 6) is -1.64. The number of aliphatic carboxylic acids is 1. The van der Waals surface area contributed by atoms with Gasteiger partial charge < -0.3 is 10.4 Å². The zero-order valence-corrected chi connectivity index (χ0v) is 11.0. The minimum absolute atomic E-state index is 0.0793. The van der Waals surface area contributed by atoms with Gasteiger partial charge in [0.2, 0.25) is 5.69 Å². The molecule has 0 radical (unpaired) electrons. The van der Waals surface area contributed by atoms with Gasteiger partial charge >= 0.3 is 11.7 Å². The molecule has 1 rings (SSSR count). The van der Waals surface area contributed by atoms with E-state index in [1.807, 2.05) is 6.92 Å². The number of nitro groups is 1. The number of nitrogens with zero attached hydrogens (tertiary/aromatic N) is 2. The lowest BCUT2D eigenvalue weighted by Crippen LogP contribution is -2.26. The minimum Gasteiger partial charge on any atom is -0.481 e. The van der Waals surface area contributed by atoms with E-state index in [9.17, 15) is 19.7 Å². The lowest BCUT2D eigenvalue weighted by molar-refractivity contribution is -0.385. The van der Waals surface area contributed by atoms with E-state index in [1.165, 1.54) is 0 Å². The second-order valence-electron chi connectivity index (χ2n) is 4.16. The Hall–Kier alpha value is -2.45. The number of hydrogen-bond acceptors (Lipinski definition) is 5. The smallest absolute Gasteiger partial charge is 0.322 e. The molecule has 110 valence electrons. The van der Waals surface area contributed by atoms with Crippen LogP contribution < -0.4 is 5.32 Å². The molecule has 0 atom stereocenters. The summed E-state index contributed by atoms with van der Waals surface area (Å²) >= 11 is 0. The molecule has 0 spiro atoms. The number of carboxylic acids is 1. The third kappa shape index (κ3) is 4.04. The van der Waals surface area contributed by atoms with E-state index in [4.69, 9.17) is 5.11 Å². The third-order valence-electron chi connectivity index (χ3n) is 2.56. The third-order valence-corrected chi connectivity index (χ3v) is 2.56. The number of aromatic amines is 1. The topological polar surface area (TPSA) is 138 Å². The SMILES string of the molecule is CCCc1[nH]nc(C(=O)NCCCC(=O)O)c1[N+](=O)[O-]. The van der Waals surface area contributed by atoms with Crippen LogP contribution in [0.2, 0.25) is 0 Å². The number of nitrogens with one attached hydrogen (secondary N) is 2. The molecule has 1 heterocycles. The quantitative estimate of drug-likeness (QED) is 0.367. The predicted octanol–water partition coefficient (Wildman–Crippen LogP) is 0.865. The molecular weight excluding hydrogens is 268 g/mol. The molecule has 1 amide bonds. The lowest BCUT2D eigenvalue weighted by Gasteiger charge is -2.01. The Morgan fingerprint density at radius 3 is 2.75 bits per heavy atom. The van der Waals surface area contributed by atoms with Crippen molar-refractivity contribution in [2.75, 3.05) is 6.54 Å². The van der Waals surface area contributed by atoms with Gasteiger partial charge in [-0.25, -0.2) is 0 Å². The summed E-state index contributed by atoms with van der Waals surface area (Å²) in [4.78, 5) is 32.5. The van der Waals surface area contributed by atoms with Crippen molar-refractivity contribution >= 4 is 17.6 Å². The molecule has 9 nitrogen and oxygen atoms in total. The Bertz CT molecular complexity index is 511. The van der Waals surface area contributed by atoms with Crippen LogP contribution in [0.15, 0.2) is 0 Å². The molecule has 0 aliphatic heterocycles. The van der Waals surface area contributed by atoms with Gasteiger partial charge in [0.25, 0.3) is 5.91 Å². The summed E-state index contributed by atoms with van der Waals surface area (Å²) in [5, 5.41) is 28.0. The largest absolute Gasteiger partial charge is 0.481 e. The van der Waals surface area contributed by atoms with E-state index < -0.39 is 16.8 Å². The van der Waals surface area contributed by atoms with Crippen molar-refractivity contribution in [2.24, 2.45) is 0 Å². The van der Waals surface area contributed by atoms with Gasteiger partial charge in [0.1, 0.15) is 5.69 Å². The van der Waals surface area contributed by atoms with Gasteiger partial charge in [-0.1, -0.05) is 13.3 Å². The first-order valence-corrected chi connectivity index (χ1v) is 6.19. The van der Waals surface area contributed by atoms with Gasteiger partial charge in [0.15, 0.2) is 0 Å². The van der Waals surface area contributed by atoms with Crippen LogP contribution in [0, 0.1) is 10.1 Å². The van der Waals surface area contributed by atoms with Crippen LogP contribution in [-0.2, 0) is 11.2 Å². The van der Waals surface area contributed by atoms with Crippen molar-refractivity contribution < 1.29 is 19.6 Å². The predicted molar refractivity (Wildman–Crippen MR) is 68.4 cm³/mol. The highest BCUT2D eigenvalue weighted by Crippen LogP contribution is 2.22. The zero-order chi connectivity index (χ0) is 15.1. The van der Waals surface area contributed by atoms with E-state index in [-0.39, 0.29) is 30.8 Å². The average molecular weight is 284 g/mol. The van der Waals surface area contributed by atoms with Crippen LogP contribution in [0.4, 0.5) is 5.69 Å². The number of aromatic nitrogens is 2. The molecule has 0 fully saturated rings. The van der Waals surface area contributed by atoms with Crippen LogP contribution in [0.25, 0.3) is 0 Å². The second kappa shape index (κ2) is 7.22. The normalized spacial score (nSPS) is 10.2. The van der Waals surface area contributed by atoms with E-state index >= 15 is 0 Å². The van der Waals surface area contributed by atoms with Crippen molar-refractivity contribution in [3.8, 4) is 0 Å². The maximum atomic E-state index is 11.8. The number of H-pyrrole nitrogens is 1. The van der Waals surface area contributed by atoms with Gasteiger partial charge in [-0.2, -0.15) is 5.10 Å². The first-order valence-electron chi connectivity index (χ1n) is 6.19. The molecule has 0 bridgehead atoms. The second-order valence-corrected chi connectivity index (χ2v) is 4.16. The fourth-order valence-corrected chi connectivity index (χ4v) is 1.68. The minimum atomic E-state index is -0.963. The standard InChI is InChI=1S/C11H16N4O5/c1-2-4-7-10(15(19)20)9(14-13-7)11(18)12-6-3-5-8(16)17/h2-6H2,1H3,(H,12,18)(H,13,14)(H,16,17). The fourth-order valence-electron chi connectivity index (χ4n) is 1.68. The summed E-state index contributed by atoms with van der Waals surface area (Å²) in [5.41, 5.74) is -0.274. The maximum Gasteiger partial charge on any atom is 0.322 e. The molecular formula is C11H16N4O5. The van der Waals surface area contributed by atoms with Crippen LogP contribution in [0.5, 0.6) is 0 Å². The molecule has 3 N–H and O–H groups in total. The summed E-state index contributed by atoms with van der Waals surface area (Å²) in [7, 11) is 0. The van der Waals surface area contributed by atoms with Crippen molar-refractivity contribution in [2.45, 2.75) is 32.6 Å². The van der Waals surface area contributed by atoms with E-state index in [0.29, 0.717) is 18.5 Å². The molecule has 9 heteroatoms. The van der Waals surface area contributed by atoms with E-state index in [1.54, 1.807) is 0 Å². The number of amides is 1. The van der Waals surface area contributed by atoms with Gasteiger partial charge in [0.05, 0.1) is 4.92 Å². The van der Waals surface area contributed by atoms with Gasteiger partial charge in [0, 0.05) is 13.0 Å². The summed E-state index contributed by atoms with van der Waals surface area (Å²) < 4.78 is 0. The lowest BCUT2D eigenvalue weighted by atomic mass is 10.2. The Kier molecular flexibility index (Phi) is 5.63. The number of carbonyl (C=O) groups excluding carboxylic acids is 1. The molecule has 0 saturated heterocycles. The van der Waals surface area contributed by atoms with Crippen LogP contribution in [0.1, 0.15) is 42.4 Å². The fraction of sp³-hybridized carbons (Fsp3) is 0.545. The molecule has 0 saturated carbocycles. The molecule has 1 aromatic rings. The monoisotopic (exact) mass is 284 g/mol. The number of carboxylic acid groups (broad SMARTS) is 1. The summed E-state index contributed by atoms with van der Waals surface area (Å²) in [6, 6.07) is 0. The summed E-state index contributed by atoms with van der Waals surface area (Å²) in [6.45, 7) is 1.98. The van der Waals surface area contributed by atoms with Gasteiger partial charge in [-0.05, 0) is 12.8 Å². The molecule has 0 aliphatic carbocycles. The number of rotatable bonds is 8. The Morgan fingerprint density at radius 1 is 1.50 bits per heavy atom. The maximum absolute atomic E-state index is 11.8. The molecule has 1 aromatic heterocycles. The van der Waals surface area contributed by atoms with E-state index in [2.05, 4.69) is 15.5 Å². The van der Waals surface area contributed by atoms with Crippen LogP contribution in [-0.4, -0.2) is 38.6 Å². The first-order chi connectivity index (χ1) is 9.47. The van der Waals surface area contributed by atoms with Gasteiger partial charge in [-0.3, -0.25) is 24.8 Å². The number of carbonyl (C=O) groups is 2. The highest BCUT2D eigenvalue weighted by Gasteiger charge is 2.28. The van der Waals surface area contributed by atoms with Crippen molar-refractivity contribution in [1.29, 1.82) is 0 Å². The molecule has 0 unspecified atom stereocenters. The van der Waals surface area contributed by atoms with Crippen molar-refractivity contribution in [3.05, 3.63) is 21.5 Å². The molecule has 0 aromatic carbocycles. The number of hydrogen-bond donors (Lipinski definition) is 3. The first kappa shape index (κ1) is 15.6. The van der Waals surface area contributed by atoms with Crippen molar-refractivity contribution in [1.82, 2.24) is 15.5 Å². The van der Waals surface area contributed by atoms with Crippen molar-refractivity contribution in [3.63, 3.8) is 0 Å². The Balaban J connectivity index is 2.72. The van der Waals surface area contributed by atoms with Crippen LogP contribution in [0.3, 0.4) is 0 Å². The Morgan fingerprint density at radius 2 is 2.20 bits per heavy atom. The summed E-state index contributed by atoms with van der Waals surface area (Å²) in [6.07, 6.45) is 1.28. The number of aryl methyl sites for hydroxylation is 1. The zero-order valence-electron chi connectivity index (χ0n) is 11.0. The molecule has 0 aliphatic rings. The van der Waals surface area contributed by atoms with Gasteiger partial charge in [-0.15, -0.1) is 0 Å². The Labute approximate surface area is 114 Å². The molecule has 20 heavy (non-hydrogen) atoms. The highest BCUT2D eigenvalue weighted by atomic mass is 16.6. The average Bonchev–Trinajstić information content (AvgIpc) is 2.78. The highest BCUT2D eigenvalue weighted by molar-refractivity contribution is 5.96. The van der Waals surface area contributed by atoms with E-state index in [0.717, 1.165) is 0 Å².